The maximum Gasteiger partial charge on any atom is 0.140 e. The summed E-state index contributed by atoms with van der Waals surface area (Å²) in [4.78, 5) is 9.02. The molecule has 23 heavy (non-hydrogen) atoms. The van der Waals surface area contributed by atoms with Gasteiger partial charge in [0.25, 0.3) is 0 Å². The fourth-order valence-electron chi connectivity index (χ4n) is 2.66. The molecule has 3 rings (SSSR count). The molecule has 1 aromatic heterocycles. The minimum Gasteiger partial charge on any atom is -0.253 e. The van der Waals surface area contributed by atoms with Gasteiger partial charge in [-0.2, -0.15) is 10.5 Å². The van der Waals surface area contributed by atoms with Gasteiger partial charge < -0.3 is 0 Å². The molecule has 1 unspecified atom stereocenters. The predicted octanol–water partition coefficient (Wildman–Crippen LogP) is 3.62. The Hall–Kier alpha value is -3.24. The van der Waals surface area contributed by atoms with E-state index in [-0.39, 0.29) is 5.92 Å². The van der Waals surface area contributed by atoms with Crippen molar-refractivity contribution in [3.05, 3.63) is 72.1 Å². The number of rotatable bonds is 4. The Bertz CT molecular complexity index is 876. The Kier molecular flexibility index (Phi) is 4.27. The Balaban J connectivity index is 1.97. The van der Waals surface area contributed by atoms with Crippen LogP contribution in [0.1, 0.15) is 17.2 Å². The van der Waals surface area contributed by atoms with E-state index in [1.165, 1.54) is 0 Å². The maximum atomic E-state index is 9.30. The third-order valence-electron chi connectivity index (χ3n) is 3.84. The molecule has 110 valence electrons. The zero-order chi connectivity index (χ0) is 16.1. The molecule has 0 N–H and O–H groups in total. The van der Waals surface area contributed by atoms with Crippen molar-refractivity contribution in [3.63, 3.8) is 0 Å². The lowest BCUT2D eigenvalue weighted by atomic mass is 9.84. The number of nitriles is 2. The van der Waals surface area contributed by atoms with Crippen LogP contribution in [-0.2, 0) is 6.42 Å². The van der Waals surface area contributed by atoms with Crippen LogP contribution in [0.4, 0.5) is 0 Å². The highest BCUT2D eigenvalue weighted by Crippen LogP contribution is 2.28. The first-order valence-electron chi connectivity index (χ1n) is 7.36. The third-order valence-corrected chi connectivity index (χ3v) is 3.84. The molecule has 3 aromatic rings. The maximum absolute atomic E-state index is 9.30. The van der Waals surface area contributed by atoms with Crippen LogP contribution in [0.3, 0.4) is 0 Å². The van der Waals surface area contributed by atoms with Gasteiger partial charge in [-0.25, -0.2) is 4.98 Å². The summed E-state index contributed by atoms with van der Waals surface area (Å²) in [6.07, 6.45) is 2.23. The molecular formula is C19H14N4. The summed E-state index contributed by atoms with van der Waals surface area (Å²) in [6, 6.07) is 21.5. The largest absolute Gasteiger partial charge is 0.253 e. The van der Waals surface area contributed by atoms with Crippen molar-refractivity contribution >= 4 is 11.0 Å². The van der Waals surface area contributed by atoms with E-state index in [2.05, 4.69) is 22.1 Å². The van der Waals surface area contributed by atoms with Crippen LogP contribution in [0.15, 0.2) is 60.8 Å². The van der Waals surface area contributed by atoms with E-state index in [9.17, 15) is 10.5 Å². The summed E-state index contributed by atoms with van der Waals surface area (Å²) in [5.74, 6) is -0.938. The number of para-hydroxylation sites is 2. The van der Waals surface area contributed by atoms with E-state index in [0.717, 1.165) is 22.3 Å². The van der Waals surface area contributed by atoms with E-state index >= 15 is 0 Å². The van der Waals surface area contributed by atoms with Gasteiger partial charge in [0.15, 0.2) is 0 Å². The van der Waals surface area contributed by atoms with Crippen molar-refractivity contribution in [1.82, 2.24) is 9.97 Å². The molecule has 0 saturated carbocycles. The first-order valence-corrected chi connectivity index (χ1v) is 7.36. The Morgan fingerprint density at radius 1 is 0.870 bits per heavy atom. The fourth-order valence-corrected chi connectivity index (χ4v) is 2.66. The van der Waals surface area contributed by atoms with Crippen LogP contribution >= 0.6 is 0 Å². The number of aromatic nitrogens is 2. The van der Waals surface area contributed by atoms with Crippen molar-refractivity contribution in [2.75, 3.05) is 0 Å². The molecule has 2 aromatic carbocycles. The van der Waals surface area contributed by atoms with E-state index < -0.39 is 5.92 Å². The topological polar surface area (TPSA) is 73.4 Å². The van der Waals surface area contributed by atoms with E-state index in [1.54, 1.807) is 6.20 Å². The van der Waals surface area contributed by atoms with Gasteiger partial charge in [-0.3, -0.25) is 4.98 Å². The van der Waals surface area contributed by atoms with E-state index in [4.69, 9.17) is 0 Å². The highest BCUT2D eigenvalue weighted by atomic mass is 14.8. The molecule has 1 heterocycles. The number of benzene rings is 2. The van der Waals surface area contributed by atoms with Crippen molar-refractivity contribution in [3.8, 4) is 12.1 Å². The summed E-state index contributed by atoms with van der Waals surface area (Å²) in [6.45, 7) is 0. The van der Waals surface area contributed by atoms with Gasteiger partial charge >= 0.3 is 0 Å². The van der Waals surface area contributed by atoms with Gasteiger partial charge in [-0.15, -0.1) is 0 Å². The highest BCUT2D eigenvalue weighted by Gasteiger charge is 2.24. The molecule has 0 aliphatic heterocycles. The average Bonchev–Trinajstić information content (AvgIpc) is 2.62. The zero-order valence-electron chi connectivity index (χ0n) is 12.4. The molecule has 0 aliphatic carbocycles. The second-order valence-electron chi connectivity index (χ2n) is 5.31. The lowest BCUT2D eigenvalue weighted by Crippen LogP contribution is -2.13. The predicted molar refractivity (Wildman–Crippen MR) is 87.1 cm³/mol. The van der Waals surface area contributed by atoms with Crippen molar-refractivity contribution in [1.29, 1.82) is 10.5 Å². The lowest BCUT2D eigenvalue weighted by molar-refractivity contribution is 0.600. The normalized spacial score (nSPS) is 11.8. The second kappa shape index (κ2) is 6.68. The molecule has 4 nitrogen and oxygen atoms in total. The molecule has 1 atom stereocenters. The number of fused-ring (bicyclic) bond motifs is 1. The average molecular weight is 298 g/mol. The number of nitrogens with zero attached hydrogens (tertiary/aromatic N) is 4. The number of hydrogen-bond acceptors (Lipinski definition) is 4. The molecule has 0 saturated heterocycles. The summed E-state index contributed by atoms with van der Waals surface area (Å²) >= 11 is 0. The van der Waals surface area contributed by atoms with Crippen LogP contribution < -0.4 is 0 Å². The molecule has 0 bridgehead atoms. The van der Waals surface area contributed by atoms with Crippen molar-refractivity contribution in [2.45, 2.75) is 12.3 Å². The van der Waals surface area contributed by atoms with Gasteiger partial charge in [0, 0.05) is 18.5 Å². The first kappa shape index (κ1) is 14.7. The molecule has 0 amide bonds. The summed E-state index contributed by atoms with van der Waals surface area (Å²) in [5, 5.41) is 18.6. The van der Waals surface area contributed by atoms with Gasteiger partial charge in [0.1, 0.15) is 5.92 Å². The summed E-state index contributed by atoms with van der Waals surface area (Å²) < 4.78 is 0. The van der Waals surface area contributed by atoms with Crippen LogP contribution in [0.25, 0.3) is 11.0 Å². The minimum atomic E-state index is -0.717. The van der Waals surface area contributed by atoms with Crippen molar-refractivity contribution < 1.29 is 0 Å². The standard InChI is InChI=1S/C19H14N4/c20-11-15(12-21)17(14-6-2-1-3-7-14)10-16-13-22-18-8-4-5-9-19(18)23-16/h1-9,13,15,17H,10H2. The van der Waals surface area contributed by atoms with E-state index in [1.807, 2.05) is 54.6 Å². The van der Waals surface area contributed by atoms with Gasteiger partial charge in [-0.05, 0) is 17.7 Å². The van der Waals surface area contributed by atoms with Crippen LogP contribution in [0, 0.1) is 28.6 Å². The Labute approximate surface area is 134 Å². The molecule has 0 radical (unpaired) electrons. The lowest BCUT2D eigenvalue weighted by Gasteiger charge is -2.17. The first-order chi connectivity index (χ1) is 11.3. The van der Waals surface area contributed by atoms with Crippen LogP contribution in [0.5, 0.6) is 0 Å². The second-order valence-corrected chi connectivity index (χ2v) is 5.31. The third kappa shape index (κ3) is 3.17. The van der Waals surface area contributed by atoms with Crippen LogP contribution in [0.2, 0.25) is 0 Å². The van der Waals surface area contributed by atoms with Gasteiger partial charge in [-0.1, -0.05) is 42.5 Å². The monoisotopic (exact) mass is 298 g/mol. The van der Waals surface area contributed by atoms with Gasteiger partial charge in [0.2, 0.25) is 0 Å². The minimum absolute atomic E-state index is 0.221. The van der Waals surface area contributed by atoms with Gasteiger partial charge in [0.05, 0.1) is 28.9 Å². The summed E-state index contributed by atoms with van der Waals surface area (Å²) in [5.41, 5.74) is 3.41. The molecule has 0 fully saturated rings. The smallest absolute Gasteiger partial charge is 0.140 e. The SMILES string of the molecule is N#CC(C#N)C(Cc1cnc2ccccc2n1)c1ccccc1. The van der Waals surface area contributed by atoms with Crippen LogP contribution in [-0.4, -0.2) is 9.97 Å². The fraction of sp³-hybridized carbons (Fsp3) is 0.158. The van der Waals surface area contributed by atoms with Crippen molar-refractivity contribution in [2.24, 2.45) is 5.92 Å². The number of hydrogen-bond donors (Lipinski definition) is 0. The Morgan fingerprint density at radius 3 is 2.22 bits per heavy atom. The molecule has 4 heteroatoms. The molecular weight excluding hydrogens is 284 g/mol. The highest BCUT2D eigenvalue weighted by molar-refractivity contribution is 5.73. The summed E-state index contributed by atoms with van der Waals surface area (Å²) in [7, 11) is 0. The van der Waals surface area contributed by atoms with E-state index in [0.29, 0.717) is 6.42 Å². The molecule has 0 aliphatic rings. The quantitative estimate of drug-likeness (QED) is 0.737. The zero-order valence-corrected chi connectivity index (χ0v) is 12.4. The Morgan fingerprint density at radius 2 is 1.52 bits per heavy atom. The molecule has 0 spiro atoms.